The lowest BCUT2D eigenvalue weighted by Gasteiger charge is -2.39. The van der Waals surface area contributed by atoms with E-state index in [2.05, 4.69) is 55.5 Å². The van der Waals surface area contributed by atoms with Gasteiger partial charge in [-0.3, -0.25) is 5.43 Å². The van der Waals surface area contributed by atoms with Crippen LogP contribution < -0.4 is 5.43 Å². The fourth-order valence-electron chi connectivity index (χ4n) is 2.81. The summed E-state index contributed by atoms with van der Waals surface area (Å²) in [7, 11) is 0. The quantitative estimate of drug-likeness (QED) is 0.874. The van der Waals surface area contributed by atoms with Gasteiger partial charge in [-0.1, -0.05) is 37.6 Å². The third-order valence-electron chi connectivity index (χ3n) is 4.09. The Bertz CT molecular complexity index is 348. The Morgan fingerprint density at radius 3 is 2.17 bits per heavy atom. The van der Waals surface area contributed by atoms with Crippen molar-refractivity contribution in [1.82, 2.24) is 10.4 Å². The second-order valence-corrected chi connectivity index (χ2v) is 5.54. The number of aryl methyl sites for hydroxylation is 1. The smallest absolute Gasteiger partial charge is 0.0353 e. The molecule has 1 aromatic rings. The van der Waals surface area contributed by atoms with Gasteiger partial charge in [0.1, 0.15) is 0 Å². The molecule has 2 heteroatoms. The van der Waals surface area contributed by atoms with Crippen molar-refractivity contribution in [2.75, 3.05) is 0 Å². The zero-order valence-electron chi connectivity index (χ0n) is 11.9. The molecule has 1 saturated heterocycles. The molecule has 0 amide bonds. The van der Waals surface area contributed by atoms with Crippen LogP contribution in [0.1, 0.15) is 51.2 Å². The van der Waals surface area contributed by atoms with Crippen molar-refractivity contribution >= 4 is 0 Å². The second kappa shape index (κ2) is 6.35. The number of hydrogen-bond donors (Lipinski definition) is 1. The number of rotatable bonds is 4. The highest BCUT2D eigenvalue weighted by molar-refractivity contribution is 5.22. The first kappa shape index (κ1) is 13.6. The van der Waals surface area contributed by atoms with Crippen LogP contribution in [0.5, 0.6) is 0 Å². The van der Waals surface area contributed by atoms with Crippen LogP contribution in [0.15, 0.2) is 24.3 Å². The van der Waals surface area contributed by atoms with Gasteiger partial charge in [-0.25, -0.2) is 5.01 Å². The van der Waals surface area contributed by atoms with E-state index in [1.807, 2.05) is 0 Å². The highest BCUT2D eigenvalue weighted by atomic mass is 15.5. The summed E-state index contributed by atoms with van der Waals surface area (Å²) in [5.41, 5.74) is 6.40. The second-order valence-electron chi connectivity index (χ2n) is 5.54. The van der Waals surface area contributed by atoms with Gasteiger partial charge in [-0.15, -0.1) is 0 Å². The summed E-state index contributed by atoms with van der Waals surface area (Å²) < 4.78 is 0. The minimum atomic E-state index is 0.656. The molecule has 0 spiro atoms. The van der Waals surface area contributed by atoms with Gasteiger partial charge in [0.25, 0.3) is 0 Å². The molecule has 2 rings (SSSR count). The Kier molecular flexibility index (Phi) is 4.79. The SMILES string of the molecule is CCc1ccc(CNN2C(C)CCCC2C)cc1. The molecule has 1 fully saturated rings. The molecule has 0 saturated carbocycles. The van der Waals surface area contributed by atoms with Crippen molar-refractivity contribution in [2.45, 2.75) is 65.1 Å². The average molecular weight is 246 g/mol. The molecule has 1 aromatic carbocycles. The lowest BCUT2D eigenvalue weighted by atomic mass is 10.00. The van der Waals surface area contributed by atoms with Gasteiger partial charge in [0.15, 0.2) is 0 Å². The standard InChI is InChI=1S/C16H26N2/c1-4-15-8-10-16(11-9-15)12-17-18-13(2)6-5-7-14(18)3/h8-11,13-14,17H,4-7,12H2,1-3H3. The number of nitrogens with one attached hydrogen (secondary N) is 1. The maximum Gasteiger partial charge on any atom is 0.0353 e. The molecule has 18 heavy (non-hydrogen) atoms. The van der Waals surface area contributed by atoms with E-state index in [1.165, 1.54) is 30.4 Å². The largest absolute Gasteiger partial charge is 0.250 e. The topological polar surface area (TPSA) is 15.3 Å². The summed E-state index contributed by atoms with van der Waals surface area (Å²) in [5.74, 6) is 0. The monoisotopic (exact) mass is 246 g/mol. The minimum absolute atomic E-state index is 0.656. The lowest BCUT2D eigenvalue weighted by molar-refractivity contribution is 0.0435. The molecule has 2 atom stereocenters. The van der Waals surface area contributed by atoms with Crippen LogP contribution in [0.25, 0.3) is 0 Å². The molecule has 0 aromatic heterocycles. The summed E-state index contributed by atoms with van der Waals surface area (Å²) in [5, 5.41) is 2.44. The van der Waals surface area contributed by atoms with Gasteiger partial charge in [-0.2, -0.15) is 0 Å². The van der Waals surface area contributed by atoms with Crippen molar-refractivity contribution in [3.8, 4) is 0 Å². The van der Waals surface area contributed by atoms with Crippen LogP contribution in [-0.4, -0.2) is 17.1 Å². The molecule has 0 bridgehead atoms. The molecular weight excluding hydrogens is 220 g/mol. The van der Waals surface area contributed by atoms with Crippen LogP contribution in [0.3, 0.4) is 0 Å². The summed E-state index contributed by atoms with van der Waals surface area (Å²) in [6.45, 7) is 7.79. The van der Waals surface area contributed by atoms with Crippen LogP contribution in [0.2, 0.25) is 0 Å². The summed E-state index contributed by atoms with van der Waals surface area (Å²) in [6.07, 6.45) is 5.11. The molecule has 0 radical (unpaired) electrons. The highest BCUT2D eigenvalue weighted by Gasteiger charge is 2.23. The molecule has 1 heterocycles. The van der Waals surface area contributed by atoms with Gasteiger partial charge >= 0.3 is 0 Å². The van der Waals surface area contributed by atoms with E-state index < -0.39 is 0 Å². The van der Waals surface area contributed by atoms with Crippen molar-refractivity contribution in [3.63, 3.8) is 0 Å². The zero-order chi connectivity index (χ0) is 13.0. The van der Waals surface area contributed by atoms with E-state index >= 15 is 0 Å². The van der Waals surface area contributed by atoms with Crippen molar-refractivity contribution in [3.05, 3.63) is 35.4 Å². The van der Waals surface area contributed by atoms with Gasteiger partial charge in [0.2, 0.25) is 0 Å². The van der Waals surface area contributed by atoms with E-state index in [0.29, 0.717) is 12.1 Å². The first-order valence-corrected chi connectivity index (χ1v) is 7.30. The number of hydrazine groups is 1. The third-order valence-corrected chi connectivity index (χ3v) is 4.09. The van der Waals surface area contributed by atoms with Crippen LogP contribution in [0.4, 0.5) is 0 Å². The maximum atomic E-state index is 3.61. The van der Waals surface area contributed by atoms with Crippen molar-refractivity contribution < 1.29 is 0 Å². The van der Waals surface area contributed by atoms with E-state index in [1.54, 1.807) is 0 Å². The fourth-order valence-corrected chi connectivity index (χ4v) is 2.81. The Morgan fingerprint density at radius 1 is 1.06 bits per heavy atom. The zero-order valence-corrected chi connectivity index (χ0v) is 11.9. The third kappa shape index (κ3) is 3.33. The molecule has 1 N–H and O–H groups in total. The van der Waals surface area contributed by atoms with Crippen molar-refractivity contribution in [1.29, 1.82) is 0 Å². The fraction of sp³-hybridized carbons (Fsp3) is 0.625. The Balaban J connectivity index is 1.89. The molecule has 1 aliphatic heterocycles. The number of benzene rings is 1. The Hall–Kier alpha value is -0.860. The summed E-state index contributed by atoms with van der Waals surface area (Å²) in [4.78, 5) is 0. The average Bonchev–Trinajstić information content (AvgIpc) is 2.39. The lowest BCUT2D eigenvalue weighted by Crippen LogP contribution is -2.51. The minimum Gasteiger partial charge on any atom is -0.250 e. The predicted molar refractivity (Wildman–Crippen MR) is 77.3 cm³/mol. The van der Waals surface area contributed by atoms with E-state index in [4.69, 9.17) is 0 Å². The number of hydrogen-bond acceptors (Lipinski definition) is 2. The van der Waals surface area contributed by atoms with E-state index in [9.17, 15) is 0 Å². The number of nitrogens with zero attached hydrogens (tertiary/aromatic N) is 1. The van der Waals surface area contributed by atoms with Crippen LogP contribution in [0, 0.1) is 0 Å². The van der Waals surface area contributed by atoms with Crippen molar-refractivity contribution in [2.24, 2.45) is 0 Å². The Labute approximate surface area is 111 Å². The number of piperidine rings is 1. The Morgan fingerprint density at radius 2 is 1.61 bits per heavy atom. The van der Waals surface area contributed by atoms with Gasteiger partial charge in [0.05, 0.1) is 0 Å². The van der Waals surface area contributed by atoms with E-state index in [0.717, 1.165) is 13.0 Å². The summed E-state index contributed by atoms with van der Waals surface area (Å²) in [6, 6.07) is 10.3. The van der Waals surface area contributed by atoms with Crippen LogP contribution in [-0.2, 0) is 13.0 Å². The van der Waals surface area contributed by atoms with Crippen LogP contribution >= 0.6 is 0 Å². The van der Waals surface area contributed by atoms with Gasteiger partial charge in [0, 0.05) is 18.6 Å². The molecule has 1 aliphatic rings. The first-order chi connectivity index (χ1) is 8.70. The van der Waals surface area contributed by atoms with Gasteiger partial charge in [-0.05, 0) is 44.2 Å². The molecule has 2 nitrogen and oxygen atoms in total. The molecular formula is C16H26N2. The maximum absolute atomic E-state index is 3.61. The van der Waals surface area contributed by atoms with Gasteiger partial charge < -0.3 is 0 Å². The molecule has 2 unspecified atom stereocenters. The van der Waals surface area contributed by atoms with E-state index in [-0.39, 0.29) is 0 Å². The summed E-state index contributed by atoms with van der Waals surface area (Å²) >= 11 is 0. The highest BCUT2D eigenvalue weighted by Crippen LogP contribution is 2.20. The molecule has 100 valence electrons. The first-order valence-electron chi connectivity index (χ1n) is 7.30. The molecule has 0 aliphatic carbocycles. The predicted octanol–water partition coefficient (Wildman–Crippen LogP) is 3.52. The normalized spacial score (nSPS) is 25.3.